The summed E-state index contributed by atoms with van der Waals surface area (Å²) < 4.78 is 1.89. The normalized spacial score (nSPS) is 13.7. The number of carbonyl (C=O) groups excluding carboxylic acids is 2. The van der Waals surface area contributed by atoms with Gasteiger partial charge in [0.25, 0.3) is 5.91 Å². The second-order valence-corrected chi connectivity index (χ2v) is 6.24. The molecule has 1 aromatic carbocycles. The summed E-state index contributed by atoms with van der Waals surface area (Å²) in [5.41, 5.74) is 8.85. The van der Waals surface area contributed by atoms with Gasteiger partial charge in [-0.05, 0) is 37.8 Å². The summed E-state index contributed by atoms with van der Waals surface area (Å²) in [4.78, 5) is 23.2. The van der Waals surface area contributed by atoms with Crippen LogP contribution in [0.3, 0.4) is 0 Å². The van der Waals surface area contributed by atoms with E-state index in [4.69, 9.17) is 5.73 Å². The fraction of sp³-hybridized carbons (Fsp3) is 0.389. The first-order valence-electron chi connectivity index (χ1n) is 8.28. The number of para-hydroxylation sites is 1. The van der Waals surface area contributed by atoms with E-state index >= 15 is 0 Å². The Kier molecular flexibility index (Phi) is 4.64. The van der Waals surface area contributed by atoms with Gasteiger partial charge >= 0.3 is 0 Å². The summed E-state index contributed by atoms with van der Waals surface area (Å²) in [5.74, 6) is -0.102. The van der Waals surface area contributed by atoms with E-state index in [0.717, 1.165) is 29.8 Å². The summed E-state index contributed by atoms with van der Waals surface area (Å²) in [6.07, 6.45) is 4.63. The molecule has 3 rings (SSSR count). The van der Waals surface area contributed by atoms with Crippen molar-refractivity contribution in [2.75, 3.05) is 6.54 Å². The molecule has 0 unspecified atom stereocenters. The van der Waals surface area contributed by atoms with E-state index in [9.17, 15) is 9.59 Å². The maximum absolute atomic E-state index is 12.5. The molecule has 2 amide bonds. The van der Waals surface area contributed by atoms with E-state index < -0.39 is 0 Å². The maximum Gasteiger partial charge on any atom is 0.254 e. The number of nitrogens with one attached hydrogen (secondary N) is 1. The standard InChI is InChI=1S/C18H22N4O2/c1-12-5-2-3-6-15(12)22-17(13-8-9-13)14(11-21-22)18(24)20-10-4-7-16(19)23/h2-3,5-6,11,13H,4,7-10H2,1H3,(H2,19,23)(H,20,24). The van der Waals surface area contributed by atoms with Crippen molar-refractivity contribution in [2.24, 2.45) is 5.73 Å². The molecular weight excluding hydrogens is 304 g/mol. The van der Waals surface area contributed by atoms with Gasteiger partial charge in [-0.1, -0.05) is 18.2 Å². The van der Waals surface area contributed by atoms with Gasteiger partial charge in [0.1, 0.15) is 0 Å². The minimum atomic E-state index is -0.352. The largest absolute Gasteiger partial charge is 0.370 e. The number of hydrogen-bond donors (Lipinski definition) is 2. The van der Waals surface area contributed by atoms with Crippen LogP contribution in [0.15, 0.2) is 30.5 Å². The van der Waals surface area contributed by atoms with Crippen molar-refractivity contribution in [3.05, 3.63) is 47.3 Å². The lowest BCUT2D eigenvalue weighted by Crippen LogP contribution is -2.26. The van der Waals surface area contributed by atoms with Crippen LogP contribution in [0.2, 0.25) is 0 Å². The molecule has 1 saturated carbocycles. The number of aryl methyl sites for hydroxylation is 1. The maximum atomic E-state index is 12.5. The lowest BCUT2D eigenvalue weighted by atomic mass is 10.1. The van der Waals surface area contributed by atoms with Gasteiger partial charge in [-0.3, -0.25) is 9.59 Å². The van der Waals surface area contributed by atoms with Crippen LogP contribution in [0.25, 0.3) is 5.69 Å². The van der Waals surface area contributed by atoms with Gasteiger partial charge in [0.15, 0.2) is 0 Å². The second kappa shape index (κ2) is 6.86. The van der Waals surface area contributed by atoms with Crippen molar-refractivity contribution < 1.29 is 9.59 Å². The minimum absolute atomic E-state index is 0.138. The molecule has 1 aliphatic rings. The smallest absolute Gasteiger partial charge is 0.254 e. The number of aromatic nitrogens is 2. The van der Waals surface area contributed by atoms with Crippen molar-refractivity contribution in [2.45, 2.75) is 38.5 Å². The topological polar surface area (TPSA) is 90.0 Å². The van der Waals surface area contributed by atoms with Crippen LogP contribution in [-0.2, 0) is 4.79 Å². The number of nitrogens with two attached hydrogens (primary N) is 1. The van der Waals surface area contributed by atoms with Crippen LogP contribution in [-0.4, -0.2) is 28.1 Å². The van der Waals surface area contributed by atoms with Gasteiger partial charge < -0.3 is 11.1 Å². The first kappa shape index (κ1) is 16.2. The third-order valence-electron chi connectivity index (χ3n) is 4.24. The molecule has 2 aromatic rings. The van der Waals surface area contributed by atoms with E-state index in [1.807, 2.05) is 35.9 Å². The Labute approximate surface area is 141 Å². The highest BCUT2D eigenvalue weighted by atomic mass is 16.2. The Bertz CT molecular complexity index is 762. The summed E-state index contributed by atoms with van der Waals surface area (Å²) in [6, 6.07) is 8.02. The van der Waals surface area contributed by atoms with Crippen LogP contribution in [0, 0.1) is 6.92 Å². The van der Waals surface area contributed by atoms with Gasteiger partial charge in [-0.15, -0.1) is 0 Å². The van der Waals surface area contributed by atoms with E-state index in [1.54, 1.807) is 6.20 Å². The first-order chi connectivity index (χ1) is 11.6. The van der Waals surface area contributed by atoms with E-state index in [2.05, 4.69) is 10.4 Å². The fourth-order valence-electron chi connectivity index (χ4n) is 2.84. The van der Waals surface area contributed by atoms with Crippen molar-refractivity contribution in [1.82, 2.24) is 15.1 Å². The van der Waals surface area contributed by atoms with Crippen molar-refractivity contribution >= 4 is 11.8 Å². The van der Waals surface area contributed by atoms with E-state index in [0.29, 0.717) is 24.4 Å². The zero-order chi connectivity index (χ0) is 17.1. The molecule has 1 aromatic heterocycles. The van der Waals surface area contributed by atoms with Crippen LogP contribution in [0.1, 0.15) is 53.2 Å². The van der Waals surface area contributed by atoms with Crippen LogP contribution < -0.4 is 11.1 Å². The lowest BCUT2D eigenvalue weighted by molar-refractivity contribution is -0.118. The first-order valence-corrected chi connectivity index (χ1v) is 8.28. The van der Waals surface area contributed by atoms with Gasteiger partial charge in [0.2, 0.25) is 5.91 Å². The van der Waals surface area contributed by atoms with Gasteiger partial charge in [-0.25, -0.2) is 4.68 Å². The van der Waals surface area contributed by atoms with Crippen LogP contribution >= 0.6 is 0 Å². The number of nitrogens with zero attached hydrogens (tertiary/aromatic N) is 2. The molecule has 6 heteroatoms. The Morgan fingerprint density at radius 2 is 2.08 bits per heavy atom. The molecular formula is C18H22N4O2. The van der Waals surface area contributed by atoms with E-state index in [1.165, 1.54) is 0 Å². The number of benzene rings is 1. The van der Waals surface area contributed by atoms with Crippen molar-refractivity contribution in [3.8, 4) is 5.69 Å². The van der Waals surface area contributed by atoms with Crippen molar-refractivity contribution in [1.29, 1.82) is 0 Å². The summed E-state index contributed by atoms with van der Waals surface area (Å²) in [7, 11) is 0. The molecule has 0 bridgehead atoms. The highest BCUT2D eigenvalue weighted by Crippen LogP contribution is 2.42. The number of hydrogen-bond acceptors (Lipinski definition) is 3. The second-order valence-electron chi connectivity index (χ2n) is 6.24. The molecule has 0 spiro atoms. The molecule has 3 N–H and O–H groups in total. The molecule has 126 valence electrons. The Balaban J connectivity index is 1.81. The molecule has 0 saturated heterocycles. The quantitative estimate of drug-likeness (QED) is 0.763. The Morgan fingerprint density at radius 3 is 2.75 bits per heavy atom. The molecule has 6 nitrogen and oxygen atoms in total. The molecule has 24 heavy (non-hydrogen) atoms. The molecule has 0 aliphatic heterocycles. The minimum Gasteiger partial charge on any atom is -0.370 e. The van der Waals surface area contributed by atoms with Gasteiger partial charge in [-0.2, -0.15) is 5.10 Å². The van der Waals surface area contributed by atoms with Gasteiger partial charge in [0, 0.05) is 18.9 Å². The fourth-order valence-corrected chi connectivity index (χ4v) is 2.84. The van der Waals surface area contributed by atoms with Crippen LogP contribution in [0.4, 0.5) is 0 Å². The summed E-state index contributed by atoms with van der Waals surface area (Å²) in [6.45, 7) is 2.47. The molecule has 1 heterocycles. The zero-order valence-corrected chi connectivity index (χ0v) is 13.8. The van der Waals surface area contributed by atoms with Crippen LogP contribution in [0.5, 0.6) is 0 Å². The molecule has 1 fully saturated rings. The lowest BCUT2D eigenvalue weighted by Gasteiger charge is -2.11. The van der Waals surface area contributed by atoms with Crippen molar-refractivity contribution in [3.63, 3.8) is 0 Å². The molecule has 0 radical (unpaired) electrons. The highest BCUT2D eigenvalue weighted by Gasteiger charge is 2.33. The van der Waals surface area contributed by atoms with Gasteiger partial charge in [0.05, 0.1) is 23.1 Å². The number of primary amides is 1. The Hall–Kier alpha value is -2.63. The monoisotopic (exact) mass is 326 g/mol. The molecule has 1 aliphatic carbocycles. The number of amides is 2. The third-order valence-corrected chi connectivity index (χ3v) is 4.24. The summed E-state index contributed by atoms with van der Waals surface area (Å²) in [5, 5.41) is 7.32. The SMILES string of the molecule is Cc1ccccc1-n1ncc(C(=O)NCCCC(N)=O)c1C1CC1. The predicted octanol–water partition coefficient (Wildman–Crippen LogP) is 2.05. The zero-order valence-electron chi connectivity index (χ0n) is 13.8. The Morgan fingerprint density at radius 1 is 1.33 bits per heavy atom. The number of rotatable bonds is 7. The average molecular weight is 326 g/mol. The number of carbonyl (C=O) groups is 2. The van der Waals surface area contributed by atoms with E-state index in [-0.39, 0.29) is 18.2 Å². The highest BCUT2D eigenvalue weighted by molar-refractivity contribution is 5.95. The predicted molar refractivity (Wildman–Crippen MR) is 91.0 cm³/mol. The summed E-state index contributed by atoms with van der Waals surface area (Å²) >= 11 is 0. The molecule has 0 atom stereocenters. The third kappa shape index (κ3) is 3.48. The average Bonchev–Trinajstić information content (AvgIpc) is 3.30.